The molecule has 2 aromatic carbocycles. The molecule has 5 nitrogen and oxygen atoms in total. The highest BCUT2D eigenvalue weighted by Gasteiger charge is 2.08. The lowest BCUT2D eigenvalue weighted by Crippen LogP contribution is -2.23. The lowest BCUT2D eigenvalue weighted by atomic mass is 10.1. The fourth-order valence-corrected chi connectivity index (χ4v) is 2.45. The van der Waals surface area contributed by atoms with E-state index in [1.807, 2.05) is 62.4 Å². The minimum absolute atomic E-state index is 0.191. The second kappa shape index (κ2) is 7.57. The Balaban J connectivity index is 1.61. The first-order chi connectivity index (χ1) is 12.1. The van der Waals surface area contributed by atoms with Crippen LogP contribution in [0.1, 0.15) is 27.0 Å². The van der Waals surface area contributed by atoms with E-state index in [9.17, 15) is 4.79 Å². The largest absolute Gasteiger partial charge is 0.348 e. The molecule has 0 fully saturated rings. The summed E-state index contributed by atoms with van der Waals surface area (Å²) in [6.07, 6.45) is 3.05. The number of hydrogen-bond donors (Lipinski definition) is 2. The molecular formula is C20H20N4O. The van der Waals surface area contributed by atoms with Gasteiger partial charge >= 0.3 is 0 Å². The second-order valence-corrected chi connectivity index (χ2v) is 5.91. The van der Waals surface area contributed by atoms with Crippen molar-refractivity contribution in [1.29, 1.82) is 0 Å². The molecule has 126 valence electrons. The van der Waals surface area contributed by atoms with Gasteiger partial charge in [-0.25, -0.2) is 9.97 Å². The van der Waals surface area contributed by atoms with E-state index in [1.54, 1.807) is 0 Å². The number of carbonyl (C=O) groups excluding carboxylic acids is 1. The fraction of sp³-hybridized carbons (Fsp3) is 0.150. The molecule has 0 saturated heterocycles. The maximum absolute atomic E-state index is 12.2. The van der Waals surface area contributed by atoms with Gasteiger partial charge in [-0.15, -0.1) is 0 Å². The van der Waals surface area contributed by atoms with Gasteiger partial charge in [0.15, 0.2) is 0 Å². The van der Waals surface area contributed by atoms with E-state index in [1.165, 1.54) is 18.0 Å². The van der Waals surface area contributed by atoms with Crippen molar-refractivity contribution in [3.8, 4) is 0 Å². The van der Waals surface area contributed by atoms with Gasteiger partial charge in [0.2, 0.25) is 5.95 Å². The summed E-state index contributed by atoms with van der Waals surface area (Å²) >= 11 is 0. The van der Waals surface area contributed by atoms with Crippen molar-refractivity contribution in [2.45, 2.75) is 20.4 Å². The molecule has 5 heteroatoms. The van der Waals surface area contributed by atoms with Crippen molar-refractivity contribution >= 4 is 17.5 Å². The van der Waals surface area contributed by atoms with E-state index < -0.39 is 0 Å². The van der Waals surface area contributed by atoms with Crippen molar-refractivity contribution in [2.75, 3.05) is 5.32 Å². The highest BCUT2D eigenvalue weighted by Crippen LogP contribution is 2.17. The monoisotopic (exact) mass is 332 g/mol. The third-order valence-electron chi connectivity index (χ3n) is 3.84. The molecular weight excluding hydrogens is 312 g/mol. The number of nitrogens with one attached hydrogen (secondary N) is 2. The zero-order valence-corrected chi connectivity index (χ0v) is 14.3. The van der Waals surface area contributed by atoms with Gasteiger partial charge in [-0.3, -0.25) is 4.79 Å². The summed E-state index contributed by atoms with van der Waals surface area (Å²) < 4.78 is 0. The maximum Gasteiger partial charge on any atom is 0.254 e. The second-order valence-electron chi connectivity index (χ2n) is 5.91. The lowest BCUT2D eigenvalue weighted by molar-refractivity contribution is 0.0950. The summed E-state index contributed by atoms with van der Waals surface area (Å²) in [7, 11) is 0. The third kappa shape index (κ3) is 4.41. The van der Waals surface area contributed by atoms with Gasteiger partial charge < -0.3 is 10.6 Å². The van der Waals surface area contributed by atoms with Gasteiger partial charge in [0.1, 0.15) is 0 Å². The Labute approximate surface area is 147 Å². The molecule has 1 heterocycles. The number of nitrogens with zero attached hydrogens (tertiary/aromatic N) is 2. The van der Waals surface area contributed by atoms with Crippen LogP contribution in [0.5, 0.6) is 0 Å². The van der Waals surface area contributed by atoms with Crippen LogP contribution in [-0.4, -0.2) is 15.9 Å². The predicted molar refractivity (Wildman–Crippen MR) is 98.8 cm³/mol. The Kier molecular flexibility index (Phi) is 5.04. The predicted octanol–water partition coefficient (Wildman–Crippen LogP) is 3.77. The fourth-order valence-electron chi connectivity index (χ4n) is 2.45. The van der Waals surface area contributed by atoms with E-state index in [2.05, 4.69) is 20.6 Å². The molecule has 3 rings (SSSR count). The lowest BCUT2D eigenvalue weighted by Gasteiger charge is -2.08. The van der Waals surface area contributed by atoms with Crippen LogP contribution in [0, 0.1) is 13.8 Å². The average Bonchev–Trinajstić information content (AvgIpc) is 2.62. The number of amides is 1. The quantitative estimate of drug-likeness (QED) is 0.746. The number of hydrogen-bond acceptors (Lipinski definition) is 4. The molecule has 0 aliphatic rings. The number of carbonyl (C=O) groups is 1. The van der Waals surface area contributed by atoms with E-state index in [0.717, 1.165) is 16.8 Å². The minimum atomic E-state index is -0.191. The molecule has 0 unspecified atom stereocenters. The number of anilines is 2. The average molecular weight is 332 g/mol. The molecule has 0 aliphatic carbocycles. The van der Waals surface area contributed by atoms with Crippen LogP contribution in [0.25, 0.3) is 0 Å². The van der Waals surface area contributed by atoms with Crippen LogP contribution in [0.3, 0.4) is 0 Å². The van der Waals surface area contributed by atoms with Crippen LogP contribution in [0.4, 0.5) is 11.6 Å². The zero-order valence-electron chi connectivity index (χ0n) is 14.3. The Morgan fingerprint density at radius 1 is 1.00 bits per heavy atom. The highest BCUT2D eigenvalue weighted by atomic mass is 16.1. The highest BCUT2D eigenvalue weighted by molar-refractivity contribution is 5.93. The number of aryl methyl sites for hydroxylation is 2. The first kappa shape index (κ1) is 16.6. The van der Waals surface area contributed by atoms with Gasteiger partial charge in [-0.05, 0) is 31.0 Å². The molecule has 0 spiro atoms. The standard InChI is InChI=1S/C20H20N4O/c1-14-6-5-8-16(10-14)11-21-19(25)17-12-22-20(23-13-17)24-18-9-4-3-7-15(18)2/h3-10,12-13H,11H2,1-2H3,(H,21,25)(H,22,23,24). The van der Waals surface area contributed by atoms with Gasteiger partial charge in [0.25, 0.3) is 5.91 Å². The van der Waals surface area contributed by atoms with Crippen LogP contribution < -0.4 is 10.6 Å². The number of para-hydroxylation sites is 1. The van der Waals surface area contributed by atoms with E-state index in [4.69, 9.17) is 0 Å². The Bertz CT molecular complexity index is 875. The molecule has 0 aliphatic heterocycles. The molecule has 3 aromatic rings. The van der Waals surface area contributed by atoms with E-state index >= 15 is 0 Å². The van der Waals surface area contributed by atoms with Gasteiger partial charge in [-0.2, -0.15) is 0 Å². The molecule has 1 aromatic heterocycles. The first-order valence-corrected chi connectivity index (χ1v) is 8.10. The van der Waals surface area contributed by atoms with Crippen LogP contribution in [0.15, 0.2) is 60.9 Å². The van der Waals surface area contributed by atoms with E-state index in [-0.39, 0.29) is 5.91 Å². The summed E-state index contributed by atoms with van der Waals surface area (Å²) in [5, 5.41) is 6.03. The third-order valence-corrected chi connectivity index (χ3v) is 3.84. The van der Waals surface area contributed by atoms with Crippen molar-refractivity contribution < 1.29 is 4.79 Å². The summed E-state index contributed by atoms with van der Waals surface area (Å²) in [6, 6.07) is 15.9. The normalized spacial score (nSPS) is 10.3. The van der Waals surface area contributed by atoms with Gasteiger partial charge in [-0.1, -0.05) is 48.0 Å². The summed E-state index contributed by atoms with van der Waals surface area (Å²) in [5.41, 5.74) is 4.71. The Hall–Kier alpha value is -3.21. The molecule has 2 N–H and O–H groups in total. The number of rotatable bonds is 5. The smallest absolute Gasteiger partial charge is 0.254 e. The van der Waals surface area contributed by atoms with Crippen LogP contribution >= 0.6 is 0 Å². The number of aromatic nitrogens is 2. The molecule has 0 atom stereocenters. The summed E-state index contributed by atoms with van der Waals surface area (Å²) in [5.74, 6) is 0.272. The Morgan fingerprint density at radius 3 is 2.48 bits per heavy atom. The molecule has 1 amide bonds. The van der Waals surface area contributed by atoms with E-state index in [0.29, 0.717) is 18.1 Å². The zero-order chi connectivity index (χ0) is 17.6. The molecule has 25 heavy (non-hydrogen) atoms. The SMILES string of the molecule is Cc1cccc(CNC(=O)c2cnc(Nc3ccccc3C)nc2)c1. The molecule has 0 saturated carbocycles. The minimum Gasteiger partial charge on any atom is -0.348 e. The van der Waals surface area contributed by atoms with Crippen molar-refractivity contribution in [3.63, 3.8) is 0 Å². The Morgan fingerprint density at radius 2 is 1.76 bits per heavy atom. The molecule has 0 radical (unpaired) electrons. The van der Waals surface area contributed by atoms with Gasteiger partial charge in [0, 0.05) is 24.6 Å². The first-order valence-electron chi connectivity index (χ1n) is 8.10. The van der Waals surface area contributed by atoms with Crippen molar-refractivity contribution in [1.82, 2.24) is 15.3 Å². The van der Waals surface area contributed by atoms with Crippen LogP contribution in [0.2, 0.25) is 0 Å². The number of benzene rings is 2. The maximum atomic E-state index is 12.2. The topological polar surface area (TPSA) is 66.9 Å². The van der Waals surface area contributed by atoms with Crippen molar-refractivity contribution in [3.05, 3.63) is 83.2 Å². The van der Waals surface area contributed by atoms with Crippen molar-refractivity contribution in [2.24, 2.45) is 0 Å². The summed E-state index contributed by atoms with van der Waals surface area (Å²) in [6.45, 7) is 4.51. The summed E-state index contributed by atoms with van der Waals surface area (Å²) in [4.78, 5) is 20.7. The van der Waals surface area contributed by atoms with Gasteiger partial charge in [0.05, 0.1) is 5.56 Å². The van der Waals surface area contributed by atoms with Crippen LogP contribution in [-0.2, 0) is 6.54 Å². The molecule has 0 bridgehead atoms.